The molecule has 6 nitrogen and oxygen atoms in total. The highest BCUT2D eigenvalue weighted by atomic mass is 35.5. The van der Waals surface area contributed by atoms with E-state index in [4.69, 9.17) is 27.9 Å². The number of halogens is 2. The largest absolute Gasteiger partial charge is 0.457 e. The molecule has 0 saturated heterocycles. The highest BCUT2D eigenvalue weighted by Gasteiger charge is 2.18. The van der Waals surface area contributed by atoms with Crippen molar-refractivity contribution in [2.75, 3.05) is 23.3 Å². The van der Waals surface area contributed by atoms with E-state index in [-0.39, 0.29) is 19.1 Å². The molecule has 0 radical (unpaired) electrons. The molecular weight excluding hydrogens is 449 g/mol. The Morgan fingerprint density at radius 3 is 2.28 bits per heavy atom. The van der Waals surface area contributed by atoms with E-state index < -0.39 is 10.7 Å². The van der Waals surface area contributed by atoms with Crippen LogP contribution in [0.1, 0.15) is 5.56 Å². The number of urea groups is 1. The molecule has 0 saturated carbocycles. The second kappa shape index (κ2) is 11.4. The minimum atomic E-state index is -1.17. The maximum atomic E-state index is 13.0. The number of ether oxygens (including phenoxy) is 1. The fourth-order valence-electron chi connectivity index (χ4n) is 2.95. The normalized spacial score (nSPS) is 10.5. The van der Waals surface area contributed by atoms with Gasteiger partial charge in [0, 0.05) is 24.5 Å². The number of aryl methyl sites for hydroxylation is 1. The van der Waals surface area contributed by atoms with Crippen molar-refractivity contribution >= 4 is 46.5 Å². The number of hydrogen-bond donors (Lipinski definition) is 2. The minimum Gasteiger partial charge on any atom is -0.457 e. The number of nitrogens with one attached hydrogen (secondary N) is 2. The zero-order chi connectivity index (χ0) is 22.9. The molecule has 166 valence electrons. The average molecular weight is 472 g/mol. The Hall–Kier alpha value is -3.22. The summed E-state index contributed by atoms with van der Waals surface area (Å²) in [5.74, 6) is 0.840. The summed E-state index contributed by atoms with van der Waals surface area (Å²) < 4.78 is 5.82. The molecule has 0 aliphatic heterocycles. The third kappa shape index (κ3) is 6.90. The molecular formula is C24H23Cl2N3O3. The molecule has 0 fully saturated rings. The molecule has 3 amide bonds. The van der Waals surface area contributed by atoms with Gasteiger partial charge in [-0.25, -0.2) is 4.79 Å². The highest BCUT2D eigenvalue weighted by Crippen LogP contribution is 2.25. The summed E-state index contributed by atoms with van der Waals surface area (Å²) >= 11 is 11.2. The van der Waals surface area contributed by atoms with Crippen LogP contribution in [0.25, 0.3) is 0 Å². The van der Waals surface area contributed by atoms with E-state index in [0.29, 0.717) is 22.9 Å². The van der Waals surface area contributed by atoms with Gasteiger partial charge >= 0.3 is 6.03 Å². The van der Waals surface area contributed by atoms with Crippen molar-refractivity contribution in [1.29, 1.82) is 0 Å². The zero-order valence-corrected chi connectivity index (χ0v) is 18.9. The summed E-state index contributed by atoms with van der Waals surface area (Å²) in [4.78, 5) is 25.0. The quantitative estimate of drug-likeness (QED) is 0.411. The molecule has 0 heterocycles. The SMILES string of the molecule is Cc1cccc(NC(=O)N(CCNC(=O)C(Cl)Cl)c2ccc(Oc3ccccc3)cc2)c1. The van der Waals surface area contributed by atoms with Gasteiger partial charge in [0.25, 0.3) is 5.91 Å². The smallest absolute Gasteiger partial charge is 0.326 e. The minimum absolute atomic E-state index is 0.179. The Kier molecular flexibility index (Phi) is 8.36. The van der Waals surface area contributed by atoms with Gasteiger partial charge in [0.05, 0.1) is 0 Å². The van der Waals surface area contributed by atoms with Gasteiger partial charge < -0.3 is 15.4 Å². The Labute approximate surface area is 197 Å². The number of hydrogen-bond acceptors (Lipinski definition) is 3. The van der Waals surface area contributed by atoms with E-state index in [1.54, 1.807) is 24.3 Å². The van der Waals surface area contributed by atoms with Gasteiger partial charge in [-0.1, -0.05) is 53.5 Å². The number of anilines is 2. The van der Waals surface area contributed by atoms with Gasteiger partial charge in [-0.3, -0.25) is 9.69 Å². The van der Waals surface area contributed by atoms with Crippen molar-refractivity contribution in [2.24, 2.45) is 0 Å². The Morgan fingerprint density at radius 2 is 1.62 bits per heavy atom. The van der Waals surface area contributed by atoms with Gasteiger partial charge in [-0.05, 0) is 61.0 Å². The van der Waals surface area contributed by atoms with Crippen molar-refractivity contribution in [1.82, 2.24) is 5.32 Å². The molecule has 0 bridgehead atoms. The number of benzene rings is 3. The van der Waals surface area contributed by atoms with E-state index >= 15 is 0 Å². The maximum absolute atomic E-state index is 13.0. The molecule has 3 rings (SSSR count). The van der Waals surface area contributed by atoms with E-state index in [9.17, 15) is 9.59 Å². The monoisotopic (exact) mass is 471 g/mol. The summed E-state index contributed by atoms with van der Waals surface area (Å²) in [7, 11) is 0. The van der Waals surface area contributed by atoms with E-state index in [1.165, 1.54) is 4.90 Å². The number of amides is 3. The highest BCUT2D eigenvalue weighted by molar-refractivity contribution is 6.53. The number of para-hydroxylation sites is 1. The van der Waals surface area contributed by atoms with Crippen LogP contribution in [0.3, 0.4) is 0 Å². The molecule has 2 N–H and O–H groups in total. The van der Waals surface area contributed by atoms with Gasteiger partial charge in [0.1, 0.15) is 11.5 Å². The lowest BCUT2D eigenvalue weighted by Gasteiger charge is -2.24. The summed E-state index contributed by atoms with van der Waals surface area (Å²) in [6.45, 7) is 2.34. The predicted octanol–water partition coefficient (Wildman–Crippen LogP) is 5.75. The fourth-order valence-corrected chi connectivity index (χ4v) is 3.10. The van der Waals surface area contributed by atoms with Crippen molar-refractivity contribution < 1.29 is 14.3 Å². The fraction of sp³-hybridized carbons (Fsp3) is 0.167. The standard InChI is InChI=1S/C24H23Cl2N3O3/c1-17-6-5-7-18(16-17)28-24(31)29(15-14-27-23(30)22(25)26)19-10-12-21(13-11-19)32-20-8-3-2-4-9-20/h2-13,16,22H,14-15H2,1H3,(H,27,30)(H,28,31). The lowest BCUT2D eigenvalue weighted by Crippen LogP contribution is -2.42. The van der Waals surface area contributed by atoms with Crippen LogP contribution in [0.4, 0.5) is 16.2 Å². The first-order chi connectivity index (χ1) is 15.4. The van der Waals surface area contributed by atoms with Crippen LogP contribution in [0.2, 0.25) is 0 Å². The van der Waals surface area contributed by atoms with Crippen LogP contribution in [0.15, 0.2) is 78.9 Å². The third-order valence-corrected chi connectivity index (χ3v) is 4.87. The number of carbonyl (C=O) groups excluding carboxylic acids is 2. The Morgan fingerprint density at radius 1 is 0.938 bits per heavy atom. The van der Waals surface area contributed by atoms with Crippen molar-refractivity contribution in [3.63, 3.8) is 0 Å². The van der Waals surface area contributed by atoms with Crippen LogP contribution < -0.4 is 20.3 Å². The predicted molar refractivity (Wildman–Crippen MR) is 129 cm³/mol. The first-order valence-corrected chi connectivity index (χ1v) is 10.8. The molecule has 8 heteroatoms. The number of nitrogens with zero attached hydrogens (tertiary/aromatic N) is 1. The summed E-state index contributed by atoms with van der Waals surface area (Å²) in [5.41, 5.74) is 2.34. The van der Waals surface area contributed by atoms with Crippen molar-refractivity contribution in [2.45, 2.75) is 11.8 Å². The topological polar surface area (TPSA) is 70.7 Å². The molecule has 32 heavy (non-hydrogen) atoms. The number of rotatable bonds is 8. The summed E-state index contributed by atoms with van der Waals surface area (Å²) in [6, 6.07) is 23.7. The van der Waals surface area contributed by atoms with Crippen LogP contribution in [0, 0.1) is 6.92 Å². The summed E-state index contributed by atoms with van der Waals surface area (Å²) in [6.07, 6.45) is 0. The van der Waals surface area contributed by atoms with E-state index in [0.717, 1.165) is 5.56 Å². The molecule has 0 aromatic heterocycles. The van der Waals surface area contributed by atoms with E-state index in [2.05, 4.69) is 10.6 Å². The van der Waals surface area contributed by atoms with Crippen LogP contribution in [-0.4, -0.2) is 29.9 Å². The van der Waals surface area contributed by atoms with Gasteiger partial charge in [-0.15, -0.1) is 0 Å². The molecule has 0 unspecified atom stereocenters. The molecule has 0 aliphatic rings. The number of alkyl halides is 2. The van der Waals surface area contributed by atoms with Crippen molar-refractivity contribution in [3.05, 3.63) is 84.4 Å². The molecule has 0 aliphatic carbocycles. The van der Waals surface area contributed by atoms with Crippen LogP contribution in [0.5, 0.6) is 11.5 Å². The van der Waals surface area contributed by atoms with Crippen LogP contribution in [-0.2, 0) is 4.79 Å². The molecule has 0 atom stereocenters. The van der Waals surface area contributed by atoms with Crippen molar-refractivity contribution in [3.8, 4) is 11.5 Å². The maximum Gasteiger partial charge on any atom is 0.326 e. The average Bonchev–Trinajstić information content (AvgIpc) is 2.78. The van der Waals surface area contributed by atoms with Gasteiger partial charge in [0.15, 0.2) is 4.84 Å². The van der Waals surface area contributed by atoms with Crippen LogP contribution >= 0.6 is 23.2 Å². The second-order valence-corrected chi connectivity index (χ2v) is 8.05. The Balaban J connectivity index is 1.74. The zero-order valence-electron chi connectivity index (χ0n) is 17.4. The Bertz CT molecular complexity index is 1040. The first-order valence-electron chi connectivity index (χ1n) is 9.96. The molecule has 0 spiro atoms. The first kappa shape index (κ1) is 23.4. The third-order valence-electron chi connectivity index (χ3n) is 4.47. The summed E-state index contributed by atoms with van der Waals surface area (Å²) in [5, 5.41) is 5.49. The lowest BCUT2D eigenvalue weighted by atomic mass is 10.2. The number of carbonyl (C=O) groups is 2. The lowest BCUT2D eigenvalue weighted by molar-refractivity contribution is -0.119. The molecule has 3 aromatic carbocycles. The van der Waals surface area contributed by atoms with E-state index in [1.807, 2.05) is 61.5 Å². The second-order valence-electron chi connectivity index (χ2n) is 6.95. The molecule has 3 aromatic rings. The van der Waals surface area contributed by atoms with Gasteiger partial charge in [0.2, 0.25) is 0 Å². The van der Waals surface area contributed by atoms with Gasteiger partial charge in [-0.2, -0.15) is 0 Å².